The van der Waals surface area contributed by atoms with Crippen molar-refractivity contribution in [3.05, 3.63) is 96.4 Å². The van der Waals surface area contributed by atoms with Crippen LogP contribution >= 0.6 is 0 Å². The number of H-pyrrole nitrogens is 1. The molecule has 7 rings (SSSR count). The molecule has 8 heteroatoms. The van der Waals surface area contributed by atoms with Crippen molar-refractivity contribution >= 4 is 50.4 Å². The molecule has 1 aliphatic heterocycles. The zero-order valence-corrected chi connectivity index (χ0v) is 24.7. The van der Waals surface area contributed by atoms with Crippen molar-refractivity contribution in [1.29, 1.82) is 0 Å². The number of morpholine rings is 1. The van der Waals surface area contributed by atoms with Crippen molar-refractivity contribution < 1.29 is 4.74 Å². The Kier molecular flexibility index (Phi) is 7.12. The molecule has 0 saturated carbocycles. The van der Waals surface area contributed by atoms with Crippen LogP contribution in [0.3, 0.4) is 0 Å². The maximum Gasteiger partial charge on any atom is 0.138 e. The fourth-order valence-corrected chi connectivity index (χ4v) is 5.73. The Morgan fingerprint density at radius 3 is 2.49 bits per heavy atom. The Balaban J connectivity index is 1.12. The minimum absolute atomic E-state index is 0.276. The van der Waals surface area contributed by atoms with Gasteiger partial charge >= 0.3 is 0 Å². The number of aromatic nitrogens is 4. The second-order valence-electron chi connectivity index (χ2n) is 11.2. The standard InChI is InChI=1S/C35H35N7O/c1-4-29-21-42(15-16-43-29)28-10-12-31-30(20-28)33(18-23(3)37-31)39-25-7-5-24(6-8-25)35-40-32-11-9-26(19-34(32)41-35)38-27-13-14-36-22(2)17-27/h5-14,17-20,29H,4,15-16,21H2,1-3H3,(H,36,38)(H,37,39)(H,40,41)/t29-/m1/s1. The number of aryl methyl sites for hydroxylation is 2. The molecule has 3 aromatic heterocycles. The first kappa shape index (κ1) is 26.9. The fourth-order valence-electron chi connectivity index (χ4n) is 5.73. The Hall–Kier alpha value is -4.95. The Bertz CT molecular complexity index is 1910. The third-order valence-electron chi connectivity index (χ3n) is 7.98. The van der Waals surface area contributed by atoms with Gasteiger partial charge in [0.25, 0.3) is 0 Å². The van der Waals surface area contributed by atoms with Crippen LogP contribution < -0.4 is 15.5 Å². The third-order valence-corrected chi connectivity index (χ3v) is 7.98. The van der Waals surface area contributed by atoms with Gasteiger partial charge in [-0.2, -0.15) is 0 Å². The van der Waals surface area contributed by atoms with Crippen LogP contribution in [0.25, 0.3) is 33.3 Å². The molecule has 1 saturated heterocycles. The highest BCUT2D eigenvalue weighted by molar-refractivity contribution is 5.95. The number of nitrogens with one attached hydrogen (secondary N) is 3. The van der Waals surface area contributed by atoms with Crippen molar-refractivity contribution in [2.75, 3.05) is 35.2 Å². The van der Waals surface area contributed by atoms with Crippen LogP contribution in [-0.4, -0.2) is 45.7 Å². The highest BCUT2D eigenvalue weighted by atomic mass is 16.5. The molecular weight excluding hydrogens is 534 g/mol. The summed E-state index contributed by atoms with van der Waals surface area (Å²) in [6.07, 6.45) is 3.11. The van der Waals surface area contributed by atoms with E-state index in [-0.39, 0.29) is 6.10 Å². The SMILES string of the molecule is CC[C@@H]1CN(c2ccc3nc(C)cc(Nc4ccc(-c5nc6ccc(Nc7ccnc(C)c7)cc6[nH]5)cc4)c3c2)CCO1. The number of ether oxygens (including phenoxy) is 1. The summed E-state index contributed by atoms with van der Waals surface area (Å²) in [5.41, 5.74) is 11.1. The van der Waals surface area contributed by atoms with Gasteiger partial charge in [0, 0.05) is 70.1 Å². The highest BCUT2D eigenvalue weighted by Gasteiger charge is 2.20. The summed E-state index contributed by atoms with van der Waals surface area (Å²) in [6.45, 7) is 8.78. The lowest BCUT2D eigenvalue weighted by atomic mass is 10.1. The predicted molar refractivity (Wildman–Crippen MR) is 176 cm³/mol. The van der Waals surface area contributed by atoms with E-state index in [1.807, 2.05) is 44.3 Å². The summed E-state index contributed by atoms with van der Waals surface area (Å²) < 4.78 is 5.90. The second kappa shape index (κ2) is 11.4. The van der Waals surface area contributed by atoms with Crippen LogP contribution in [0, 0.1) is 13.8 Å². The number of fused-ring (bicyclic) bond motifs is 2. The maximum absolute atomic E-state index is 5.90. The molecule has 3 N–H and O–H groups in total. The summed E-state index contributed by atoms with van der Waals surface area (Å²) in [6, 6.07) is 27.2. The van der Waals surface area contributed by atoms with Crippen molar-refractivity contribution in [2.24, 2.45) is 0 Å². The van der Waals surface area contributed by atoms with Gasteiger partial charge in [-0.15, -0.1) is 0 Å². The summed E-state index contributed by atoms with van der Waals surface area (Å²) in [5.74, 6) is 0.837. The van der Waals surface area contributed by atoms with Gasteiger partial charge < -0.3 is 25.3 Å². The summed E-state index contributed by atoms with van der Waals surface area (Å²) in [7, 11) is 0. The second-order valence-corrected chi connectivity index (χ2v) is 11.2. The predicted octanol–water partition coefficient (Wildman–Crippen LogP) is 7.89. The largest absolute Gasteiger partial charge is 0.375 e. The topological polar surface area (TPSA) is 91.0 Å². The van der Waals surface area contributed by atoms with E-state index in [1.165, 1.54) is 5.69 Å². The van der Waals surface area contributed by atoms with Crippen molar-refractivity contribution in [3.8, 4) is 11.4 Å². The molecule has 0 aliphatic carbocycles. The number of hydrogen-bond acceptors (Lipinski definition) is 7. The molecule has 0 radical (unpaired) electrons. The molecule has 0 amide bonds. The lowest BCUT2D eigenvalue weighted by Gasteiger charge is -2.34. The molecule has 0 spiro atoms. The van der Waals surface area contributed by atoms with Gasteiger partial charge in [-0.25, -0.2) is 4.98 Å². The molecule has 0 bridgehead atoms. The third kappa shape index (κ3) is 5.74. The van der Waals surface area contributed by atoms with E-state index in [0.29, 0.717) is 0 Å². The maximum atomic E-state index is 5.90. The van der Waals surface area contributed by atoms with Crippen molar-refractivity contribution in [1.82, 2.24) is 19.9 Å². The molecule has 216 valence electrons. The van der Waals surface area contributed by atoms with Gasteiger partial charge in [-0.3, -0.25) is 9.97 Å². The summed E-state index contributed by atoms with van der Waals surface area (Å²) >= 11 is 0. The van der Waals surface area contributed by atoms with E-state index in [9.17, 15) is 0 Å². The van der Waals surface area contributed by atoms with E-state index in [2.05, 4.69) is 87.0 Å². The number of nitrogens with zero attached hydrogens (tertiary/aromatic N) is 4. The Morgan fingerprint density at radius 2 is 1.65 bits per heavy atom. The molecule has 8 nitrogen and oxygen atoms in total. The smallest absolute Gasteiger partial charge is 0.138 e. The van der Waals surface area contributed by atoms with Crippen LogP contribution in [0.2, 0.25) is 0 Å². The molecule has 1 aliphatic rings. The van der Waals surface area contributed by atoms with Gasteiger partial charge in [0.05, 0.1) is 29.3 Å². The number of imidazole rings is 1. The van der Waals surface area contributed by atoms with Crippen LogP contribution in [0.4, 0.5) is 28.4 Å². The zero-order valence-electron chi connectivity index (χ0n) is 24.7. The number of anilines is 5. The number of aromatic amines is 1. The molecule has 4 heterocycles. The summed E-state index contributed by atoms with van der Waals surface area (Å²) in [4.78, 5) is 19.8. The number of pyridine rings is 2. The lowest BCUT2D eigenvalue weighted by molar-refractivity contribution is 0.0384. The Labute approximate surface area is 251 Å². The molecule has 1 fully saturated rings. The van der Waals surface area contributed by atoms with Crippen LogP contribution in [0.5, 0.6) is 0 Å². The first-order chi connectivity index (χ1) is 21.0. The van der Waals surface area contributed by atoms with E-state index >= 15 is 0 Å². The molecule has 6 aromatic rings. The highest BCUT2D eigenvalue weighted by Crippen LogP contribution is 2.32. The van der Waals surface area contributed by atoms with E-state index in [4.69, 9.17) is 14.7 Å². The quantitative estimate of drug-likeness (QED) is 0.180. The minimum atomic E-state index is 0.276. The van der Waals surface area contributed by atoms with Gasteiger partial charge in [0.1, 0.15) is 5.82 Å². The Morgan fingerprint density at radius 1 is 0.837 bits per heavy atom. The average Bonchev–Trinajstić information content (AvgIpc) is 3.45. The van der Waals surface area contributed by atoms with Gasteiger partial charge in [-0.1, -0.05) is 6.92 Å². The van der Waals surface area contributed by atoms with E-state index in [1.54, 1.807) is 0 Å². The van der Waals surface area contributed by atoms with Gasteiger partial charge in [0.15, 0.2) is 0 Å². The number of rotatable bonds is 7. The van der Waals surface area contributed by atoms with Gasteiger partial charge in [-0.05, 0) is 99.1 Å². The normalized spacial score (nSPS) is 15.2. The number of benzene rings is 3. The van der Waals surface area contributed by atoms with E-state index < -0.39 is 0 Å². The fraction of sp³-hybridized carbons (Fsp3) is 0.229. The first-order valence-corrected chi connectivity index (χ1v) is 14.9. The van der Waals surface area contributed by atoms with Crippen LogP contribution in [0.15, 0.2) is 85.1 Å². The molecule has 43 heavy (non-hydrogen) atoms. The average molecular weight is 570 g/mol. The molecular formula is C35H35N7O. The van der Waals surface area contributed by atoms with E-state index in [0.717, 1.165) is 93.6 Å². The zero-order chi connectivity index (χ0) is 29.3. The summed E-state index contributed by atoms with van der Waals surface area (Å²) in [5, 5.41) is 8.21. The first-order valence-electron chi connectivity index (χ1n) is 14.9. The monoisotopic (exact) mass is 569 g/mol. The molecule has 1 atom stereocenters. The minimum Gasteiger partial charge on any atom is -0.375 e. The van der Waals surface area contributed by atoms with Crippen molar-refractivity contribution in [3.63, 3.8) is 0 Å². The van der Waals surface area contributed by atoms with Crippen LogP contribution in [-0.2, 0) is 4.74 Å². The van der Waals surface area contributed by atoms with Gasteiger partial charge in [0.2, 0.25) is 0 Å². The molecule has 0 unspecified atom stereocenters. The lowest BCUT2D eigenvalue weighted by Crippen LogP contribution is -2.42. The van der Waals surface area contributed by atoms with Crippen LogP contribution in [0.1, 0.15) is 24.7 Å². The molecule has 3 aromatic carbocycles. The van der Waals surface area contributed by atoms with Crippen molar-refractivity contribution in [2.45, 2.75) is 33.3 Å². The number of hydrogen-bond donors (Lipinski definition) is 3.